The maximum atomic E-state index is 14.5. The zero-order chi connectivity index (χ0) is 49.9. The molecule has 1 aromatic rings. The smallest absolute Gasteiger partial charge is 0.329 e. The van der Waals surface area contributed by atoms with Gasteiger partial charge in [-0.15, -0.1) is 0 Å². The maximum absolute atomic E-state index is 14.5. The second-order valence-corrected chi connectivity index (χ2v) is 20.5. The number of nitrogens with zero attached hydrogens (tertiary/aromatic N) is 1. The van der Waals surface area contributed by atoms with Gasteiger partial charge in [-0.25, -0.2) is 4.79 Å². The molecule has 1 saturated carbocycles. The number of hydrogen-bond donors (Lipinski definition) is 4. The molecule has 4 aliphatic rings. The molecule has 4 N–H and O–H groups in total. The Morgan fingerprint density at radius 3 is 2.34 bits per heavy atom. The van der Waals surface area contributed by atoms with Crippen LogP contribution in [0.2, 0.25) is 0 Å². The van der Waals surface area contributed by atoms with Crippen LogP contribution in [0.4, 0.5) is 0 Å². The van der Waals surface area contributed by atoms with Crippen molar-refractivity contribution in [2.75, 3.05) is 20.8 Å². The van der Waals surface area contributed by atoms with Gasteiger partial charge in [0, 0.05) is 62.7 Å². The minimum Gasteiger partial charge on any atom is -0.460 e. The van der Waals surface area contributed by atoms with Crippen molar-refractivity contribution in [2.45, 2.75) is 180 Å². The minimum atomic E-state index is -2.43. The van der Waals surface area contributed by atoms with Crippen molar-refractivity contribution in [1.82, 2.24) is 9.88 Å². The molecule has 68 heavy (non-hydrogen) atoms. The zero-order valence-electron chi connectivity index (χ0n) is 41.9. The third-order valence-electron chi connectivity index (χ3n) is 15.3. The number of rotatable bonds is 6. The molecule has 2 bridgehead atoms. The second kappa shape index (κ2) is 25.2. The van der Waals surface area contributed by atoms with E-state index in [1.165, 1.54) is 12.0 Å². The van der Waals surface area contributed by atoms with Gasteiger partial charge in [-0.1, -0.05) is 76.6 Å². The lowest BCUT2D eigenvalue weighted by molar-refractivity contribution is -0.264. The monoisotopic (exact) mass is 949 g/mol. The lowest BCUT2D eigenvalue weighted by Gasteiger charge is -2.43. The molecular formula is C54H80N2O12. The fourth-order valence-electron chi connectivity index (χ4n) is 10.8. The van der Waals surface area contributed by atoms with Crippen LogP contribution in [-0.2, 0) is 42.9 Å². The van der Waals surface area contributed by atoms with E-state index in [1.807, 2.05) is 76.4 Å². The number of ketones is 3. The third-order valence-corrected chi connectivity index (χ3v) is 15.3. The summed E-state index contributed by atoms with van der Waals surface area (Å²) in [6, 6.07) is 2.75. The Kier molecular flexibility index (Phi) is 20.3. The SMILES string of the molecule is CO[C@@H]1C[C@H](C[C@@H](C)[C@@H]2CC(=O)[C@H](C)/C=C(\C)[C@@H](O)[C@@H](OC)C(=O)[C@H](C)C[C@H](C)\C=C/C=C/C=C(\C)[C@H](c3ccc[nH]3)C[C@@H]3CC[C@@H](C)[C@@](O)(O3)C(=O)C(=O)N3CCCC[C@H]3C(=O)O2)CC[C@H]1O. The molecule has 4 heterocycles. The van der Waals surface area contributed by atoms with E-state index in [-0.39, 0.29) is 60.7 Å². The number of esters is 1. The largest absolute Gasteiger partial charge is 0.460 e. The highest BCUT2D eigenvalue weighted by molar-refractivity contribution is 6.39. The molecule has 1 aliphatic carbocycles. The van der Waals surface area contributed by atoms with Crippen LogP contribution in [0.1, 0.15) is 137 Å². The van der Waals surface area contributed by atoms with Gasteiger partial charge in [-0.2, -0.15) is 0 Å². The first-order chi connectivity index (χ1) is 32.3. The summed E-state index contributed by atoms with van der Waals surface area (Å²) in [6.07, 6.45) is 13.9. The number of piperidine rings is 1. The molecule has 15 atom stereocenters. The molecule has 2 saturated heterocycles. The number of carbonyl (C=O) groups is 5. The van der Waals surface area contributed by atoms with Gasteiger partial charge in [0.15, 0.2) is 5.78 Å². The van der Waals surface area contributed by atoms with Crippen molar-refractivity contribution in [2.24, 2.45) is 35.5 Å². The zero-order valence-corrected chi connectivity index (χ0v) is 41.9. The number of Topliss-reactive ketones (excluding diaryl/α,β-unsaturated/α-hetero) is 3. The van der Waals surface area contributed by atoms with Gasteiger partial charge < -0.3 is 44.2 Å². The molecule has 3 fully saturated rings. The van der Waals surface area contributed by atoms with E-state index >= 15 is 0 Å². The summed E-state index contributed by atoms with van der Waals surface area (Å²) in [4.78, 5) is 75.7. The molecule has 5 rings (SSSR count). The van der Waals surface area contributed by atoms with Crippen LogP contribution in [0.25, 0.3) is 0 Å². The van der Waals surface area contributed by atoms with E-state index in [1.54, 1.807) is 34.0 Å². The number of fused-ring (bicyclic) bond motifs is 3. The molecule has 1 amide bonds. The van der Waals surface area contributed by atoms with Crippen LogP contribution < -0.4 is 0 Å². The lowest BCUT2D eigenvalue weighted by Crippen LogP contribution is -2.60. The maximum Gasteiger partial charge on any atom is 0.329 e. The molecule has 0 aromatic carbocycles. The normalized spacial score (nSPS) is 39.1. The highest BCUT2D eigenvalue weighted by Crippen LogP contribution is 2.40. The Morgan fingerprint density at radius 2 is 1.65 bits per heavy atom. The van der Waals surface area contributed by atoms with Crippen molar-refractivity contribution in [3.8, 4) is 0 Å². The van der Waals surface area contributed by atoms with Crippen LogP contribution in [-0.4, -0.2) is 124 Å². The quantitative estimate of drug-likeness (QED) is 0.126. The average Bonchev–Trinajstić information content (AvgIpc) is 3.86. The van der Waals surface area contributed by atoms with E-state index in [9.17, 15) is 39.3 Å². The van der Waals surface area contributed by atoms with E-state index in [4.69, 9.17) is 18.9 Å². The molecule has 0 radical (unpaired) electrons. The molecule has 14 heteroatoms. The van der Waals surface area contributed by atoms with E-state index < -0.39 is 77.8 Å². The Balaban J connectivity index is 1.49. The first-order valence-corrected chi connectivity index (χ1v) is 25.1. The fourth-order valence-corrected chi connectivity index (χ4v) is 10.8. The number of methoxy groups -OCH3 is 2. The number of aromatic nitrogens is 1. The number of allylic oxidation sites excluding steroid dienone is 7. The lowest BCUT2D eigenvalue weighted by atomic mass is 9.78. The van der Waals surface area contributed by atoms with Gasteiger partial charge >= 0.3 is 5.97 Å². The first-order valence-electron chi connectivity index (χ1n) is 25.1. The molecule has 3 aliphatic heterocycles. The Labute approximate surface area is 404 Å². The second-order valence-electron chi connectivity index (χ2n) is 20.5. The number of hydrogen-bond acceptors (Lipinski definition) is 12. The molecule has 0 spiro atoms. The molecular weight excluding hydrogens is 869 g/mol. The third kappa shape index (κ3) is 13.8. The Hall–Kier alpha value is -4.05. The van der Waals surface area contributed by atoms with Crippen LogP contribution in [0, 0.1) is 35.5 Å². The Morgan fingerprint density at radius 1 is 0.897 bits per heavy atom. The minimum absolute atomic E-state index is 0.0193. The van der Waals surface area contributed by atoms with Gasteiger partial charge in [-0.05, 0) is 120 Å². The summed E-state index contributed by atoms with van der Waals surface area (Å²) in [5.74, 6) is -8.09. The number of amides is 1. The highest BCUT2D eigenvalue weighted by atomic mass is 16.6. The standard InChI is InChI=1S/C54H80N2O12/c1-32-16-11-10-12-17-33(2)41(42-18-15-24-55-42)30-40-22-20-38(7)54(64,68-40)51(61)52(62)56-25-14-13-19-43(56)53(63)67-46(35(4)28-39-21-23-44(57)47(29-39)65-8)31-45(58)34(3)27-37(6)49(60)50(66-9)48(59)36(5)26-32/h10-12,15-18,24,27,32,34-36,38-41,43-44,46-47,49-50,55,57,60,64H,13-14,19-23,25-26,28-31H2,1-9H3/b12-10+,16-11-,33-17+,37-27+/t32-,34-,35-,36-,38-,39+,40+,41-,43+,44-,46+,47-,49-,50+,54-/m1/s1. The number of cyclic esters (lactones) is 1. The predicted octanol–water partition coefficient (Wildman–Crippen LogP) is 7.28. The van der Waals surface area contributed by atoms with Crippen molar-refractivity contribution in [3.05, 3.63) is 71.6 Å². The summed E-state index contributed by atoms with van der Waals surface area (Å²) < 4.78 is 23.8. The summed E-state index contributed by atoms with van der Waals surface area (Å²) in [7, 11) is 2.95. The number of ether oxygens (including phenoxy) is 4. The van der Waals surface area contributed by atoms with Crippen molar-refractivity contribution >= 4 is 29.2 Å². The van der Waals surface area contributed by atoms with Gasteiger partial charge in [0.05, 0.1) is 18.3 Å². The number of aliphatic hydroxyl groups excluding tert-OH is 2. The van der Waals surface area contributed by atoms with Crippen LogP contribution in [0.15, 0.2) is 65.9 Å². The highest BCUT2D eigenvalue weighted by Gasteiger charge is 2.53. The van der Waals surface area contributed by atoms with E-state index in [0.29, 0.717) is 63.4 Å². The number of carbonyl (C=O) groups excluding carboxylic acids is 5. The van der Waals surface area contributed by atoms with Crippen molar-refractivity contribution in [3.63, 3.8) is 0 Å². The van der Waals surface area contributed by atoms with Gasteiger partial charge in [0.25, 0.3) is 11.7 Å². The van der Waals surface area contributed by atoms with Crippen molar-refractivity contribution in [1.29, 1.82) is 0 Å². The van der Waals surface area contributed by atoms with E-state index in [0.717, 1.165) is 17.7 Å². The first kappa shape index (κ1) is 54.9. The molecule has 378 valence electrons. The summed E-state index contributed by atoms with van der Waals surface area (Å²) in [5, 5.41) is 34.1. The summed E-state index contributed by atoms with van der Waals surface area (Å²) in [5.41, 5.74) is 2.32. The van der Waals surface area contributed by atoms with Crippen molar-refractivity contribution < 1.29 is 58.2 Å². The summed E-state index contributed by atoms with van der Waals surface area (Å²) in [6.45, 7) is 12.9. The number of nitrogens with one attached hydrogen (secondary N) is 1. The molecule has 0 unspecified atom stereocenters. The van der Waals surface area contributed by atoms with Crippen LogP contribution in [0.5, 0.6) is 0 Å². The van der Waals surface area contributed by atoms with E-state index in [2.05, 4.69) is 4.98 Å². The number of H-pyrrole nitrogens is 1. The topological polar surface area (TPSA) is 202 Å². The van der Waals surface area contributed by atoms with Gasteiger partial charge in [0.1, 0.15) is 30.1 Å². The molecule has 1 aromatic heterocycles. The fraction of sp³-hybridized carbons (Fsp3) is 0.685. The van der Waals surface area contributed by atoms with Gasteiger partial charge in [-0.3, -0.25) is 19.2 Å². The van der Waals surface area contributed by atoms with Crippen LogP contribution >= 0.6 is 0 Å². The predicted molar refractivity (Wildman–Crippen MR) is 258 cm³/mol. The number of aliphatic hydroxyl groups is 3. The van der Waals surface area contributed by atoms with Gasteiger partial charge in [0.2, 0.25) is 5.79 Å². The molecule has 14 nitrogen and oxygen atoms in total. The average molecular weight is 949 g/mol. The Bertz CT molecular complexity index is 1990. The van der Waals surface area contributed by atoms with Crippen LogP contribution in [0.3, 0.4) is 0 Å². The number of aromatic amines is 1. The summed E-state index contributed by atoms with van der Waals surface area (Å²) >= 11 is 0.